The van der Waals surface area contributed by atoms with Crippen molar-refractivity contribution in [2.75, 3.05) is 19.8 Å². The summed E-state index contributed by atoms with van der Waals surface area (Å²) < 4.78 is 29.2. The van der Waals surface area contributed by atoms with Crippen molar-refractivity contribution in [1.82, 2.24) is 10.3 Å². The van der Waals surface area contributed by atoms with Gasteiger partial charge in [0.2, 0.25) is 0 Å². The zero-order valence-corrected chi connectivity index (χ0v) is 12.1. The molecule has 0 saturated heterocycles. The first-order valence-corrected chi connectivity index (χ1v) is 6.61. The number of halogens is 2. The number of amides is 1. The third-order valence-corrected chi connectivity index (χ3v) is 2.87. The van der Waals surface area contributed by atoms with E-state index in [1.807, 2.05) is 13.8 Å². The Hall–Kier alpha value is -1.76. The van der Waals surface area contributed by atoms with Gasteiger partial charge in [-0.2, -0.15) is 0 Å². The monoisotopic (exact) mass is 302 g/mol. The highest BCUT2D eigenvalue weighted by Crippen LogP contribution is 2.20. The summed E-state index contributed by atoms with van der Waals surface area (Å²) in [4.78, 5) is 15.9. The van der Waals surface area contributed by atoms with E-state index in [9.17, 15) is 13.6 Å². The van der Waals surface area contributed by atoms with E-state index in [-0.39, 0.29) is 23.5 Å². The Balaban J connectivity index is 2.69. The predicted octanol–water partition coefficient (Wildman–Crippen LogP) is 1.86. The molecule has 0 aliphatic rings. The van der Waals surface area contributed by atoms with Crippen LogP contribution in [0.3, 0.4) is 0 Å². The molecule has 0 aliphatic heterocycles. The first-order valence-electron chi connectivity index (χ1n) is 6.61. The topological polar surface area (TPSA) is 71.5 Å². The number of carbonyl (C=O) groups is 1. The Morgan fingerprint density at radius 3 is 2.86 bits per heavy atom. The quantitative estimate of drug-likeness (QED) is 0.769. The maximum Gasteiger partial charge on any atom is 0.273 e. The maximum atomic E-state index is 12.2. The molecule has 0 spiro atoms. The van der Waals surface area contributed by atoms with E-state index in [0.29, 0.717) is 13.0 Å². The van der Waals surface area contributed by atoms with Crippen LogP contribution < -0.4 is 10.1 Å². The molecule has 1 aromatic rings. The normalized spacial score (nSPS) is 11.5. The fourth-order valence-electron chi connectivity index (χ4n) is 1.62. The fourth-order valence-corrected chi connectivity index (χ4v) is 1.62. The lowest BCUT2D eigenvalue weighted by Crippen LogP contribution is -2.35. The second kappa shape index (κ2) is 7.87. The van der Waals surface area contributed by atoms with Crippen LogP contribution in [0.5, 0.6) is 5.75 Å². The maximum absolute atomic E-state index is 12.2. The largest absolute Gasteiger partial charge is 0.485 e. The Labute approximate surface area is 122 Å². The lowest BCUT2D eigenvalue weighted by molar-refractivity contribution is 0.0787. The van der Waals surface area contributed by atoms with E-state index in [1.54, 1.807) is 0 Å². The number of alkyl halides is 2. The van der Waals surface area contributed by atoms with Crippen molar-refractivity contribution in [3.8, 4) is 5.75 Å². The Morgan fingerprint density at radius 2 is 2.24 bits per heavy atom. The molecule has 0 atom stereocenters. The molecule has 1 aromatic heterocycles. The van der Waals surface area contributed by atoms with Crippen LogP contribution in [0.25, 0.3) is 0 Å². The lowest BCUT2D eigenvalue weighted by Gasteiger charge is -2.23. The van der Waals surface area contributed by atoms with Crippen molar-refractivity contribution in [2.45, 2.75) is 26.7 Å². The van der Waals surface area contributed by atoms with Crippen LogP contribution in [0.4, 0.5) is 8.78 Å². The van der Waals surface area contributed by atoms with E-state index >= 15 is 0 Å². The number of pyridine rings is 1. The van der Waals surface area contributed by atoms with E-state index in [0.717, 1.165) is 0 Å². The third kappa shape index (κ3) is 6.03. The summed E-state index contributed by atoms with van der Waals surface area (Å²) in [5.74, 6) is -0.471. The summed E-state index contributed by atoms with van der Waals surface area (Å²) >= 11 is 0. The highest BCUT2D eigenvalue weighted by molar-refractivity contribution is 5.94. The fraction of sp³-hybridized carbons (Fsp3) is 0.571. The van der Waals surface area contributed by atoms with Crippen LogP contribution in [0.1, 0.15) is 30.8 Å². The molecule has 21 heavy (non-hydrogen) atoms. The van der Waals surface area contributed by atoms with Gasteiger partial charge in [0.1, 0.15) is 6.61 Å². The van der Waals surface area contributed by atoms with Gasteiger partial charge in [-0.1, -0.05) is 13.8 Å². The number of hydrogen-bond donors (Lipinski definition) is 2. The number of aliphatic hydroxyl groups excluding tert-OH is 1. The van der Waals surface area contributed by atoms with Gasteiger partial charge in [0.15, 0.2) is 11.4 Å². The smallest absolute Gasteiger partial charge is 0.273 e. The lowest BCUT2D eigenvalue weighted by atomic mass is 9.90. The van der Waals surface area contributed by atoms with Gasteiger partial charge in [-0.25, -0.2) is 13.8 Å². The second-order valence-corrected chi connectivity index (χ2v) is 5.37. The van der Waals surface area contributed by atoms with Gasteiger partial charge in [-0.3, -0.25) is 4.79 Å². The zero-order valence-electron chi connectivity index (χ0n) is 12.1. The van der Waals surface area contributed by atoms with Crippen LogP contribution in [-0.2, 0) is 0 Å². The molecular formula is C14H20F2N2O3. The van der Waals surface area contributed by atoms with Crippen molar-refractivity contribution in [3.05, 3.63) is 24.0 Å². The molecule has 1 rings (SSSR count). The Bertz CT molecular complexity index is 467. The number of nitrogens with zero attached hydrogens (tertiary/aromatic N) is 1. The number of nitrogens with one attached hydrogen (secondary N) is 1. The summed E-state index contributed by atoms with van der Waals surface area (Å²) in [5.41, 5.74) is -0.304. The number of carbonyl (C=O) groups excluding carboxylic acids is 1. The van der Waals surface area contributed by atoms with E-state index in [4.69, 9.17) is 9.84 Å². The molecule has 1 heterocycles. The number of ether oxygens (including phenoxy) is 1. The van der Waals surface area contributed by atoms with E-state index < -0.39 is 18.9 Å². The molecule has 7 heteroatoms. The Morgan fingerprint density at radius 1 is 1.52 bits per heavy atom. The first kappa shape index (κ1) is 17.3. The molecular weight excluding hydrogens is 282 g/mol. The SMILES string of the molecule is CC(C)(CCO)CNC(=O)c1ncccc1OCC(F)F. The summed E-state index contributed by atoms with van der Waals surface area (Å²) in [7, 11) is 0. The number of hydrogen-bond acceptors (Lipinski definition) is 4. The molecule has 1 amide bonds. The van der Waals surface area contributed by atoms with E-state index in [2.05, 4.69) is 10.3 Å². The average Bonchev–Trinajstić information content (AvgIpc) is 2.43. The highest BCUT2D eigenvalue weighted by atomic mass is 19.3. The second-order valence-electron chi connectivity index (χ2n) is 5.37. The van der Waals surface area contributed by atoms with Gasteiger partial charge < -0.3 is 15.2 Å². The average molecular weight is 302 g/mol. The molecule has 2 N–H and O–H groups in total. The van der Waals surface area contributed by atoms with Crippen LogP contribution in [0.15, 0.2) is 18.3 Å². The van der Waals surface area contributed by atoms with Crippen molar-refractivity contribution < 1.29 is 23.4 Å². The molecule has 0 aliphatic carbocycles. The van der Waals surface area contributed by atoms with Gasteiger partial charge in [0.25, 0.3) is 12.3 Å². The predicted molar refractivity (Wildman–Crippen MR) is 73.6 cm³/mol. The molecule has 0 saturated carbocycles. The number of aliphatic hydroxyl groups is 1. The van der Waals surface area contributed by atoms with Gasteiger partial charge in [-0.05, 0) is 24.0 Å². The molecule has 0 aromatic carbocycles. The molecule has 0 bridgehead atoms. The molecule has 0 unspecified atom stereocenters. The van der Waals surface area contributed by atoms with Crippen LogP contribution >= 0.6 is 0 Å². The van der Waals surface area contributed by atoms with Crippen LogP contribution in [0.2, 0.25) is 0 Å². The third-order valence-electron chi connectivity index (χ3n) is 2.87. The number of rotatable bonds is 8. The zero-order chi connectivity index (χ0) is 15.9. The van der Waals surface area contributed by atoms with Crippen molar-refractivity contribution >= 4 is 5.91 Å². The van der Waals surface area contributed by atoms with Crippen molar-refractivity contribution in [3.63, 3.8) is 0 Å². The van der Waals surface area contributed by atoms with Crippen molar-refractivity contribution in [2.24, 2.45) is 5.41 Å². The summed E-state index contributed by atoms with van der Waals surface area (Å²) in [5, 5.41) is 11.6. The minimum atomic E-state index is -2.62. The molecule has 0 radical (unpaired) electrons. The van der Waals surface area contributed by atoms with Crippen molar-refractivity contribution in [1.29, 1.82) is 0 Å². The van der Waals surface area contributed by atoms with Gasteiger partial charge in [0, 0.05) is 19.3 Å². The minimum absolute atomic E-state index is 0.0230. The van der Waals surface area contributed by atoms with Crippen LogP contribution in [-0.4, -0.2) is 42.2 Å². The van der Waals surface area contributed by atoms with Gasteiger partial charge in [-0.15, -0.1) is 0 Å². The summed E-state index contributed by atoms with van der Waals surface area (Å²) in [6, 6.07) is 2.93. The Kier molecular flexibility index (Phi) is 6.48. The summed E-state index contributed by atoms with van der Waals surface area (Å²) in [6.45, 7) is 3.36. The van der Waals surface area contributed by atoms with Gasteiger partial charge in [0.05, 0.1) is 0 Å². The number of aromatic nitrogens is 1. The van der Waals surface area contributed by atoms with E-state index in [1.165, 1.54) is 18.3 Å². The van der Waals surface area contributed by atoms with Gasteiger partial charge >= 0.3 is 0 Å². The molecule has 118 valence electrons. The first-order chi connectivity index (χ1) is 9.85. The minimum Gasteiger partial charge on any atom is -0.485 e. The molecule has 0 fully saturated rings. The van der Waals surface area contributed by atoms with Crippen LogP contribution in [0, 0.1) is 5.41 Å². The molecule has 5 nitrogen and oxygen atoms in total. The summed E-state index contributed by atoms with van der Waals surface area (Å²) in [6.07, 6.45) is -0.697. The highest BCUT2D eigenvalue weighted by Gasteiger charge is 2.21. The standard InChI is InChI=1S/C14H20F2N2O3/c1-14(2,5-7-19)9-18-13(20)12-10(4-3-6-17-12)21-8-11(15)16/h3-4,6,11,19H,5,7-9H2,1-2H3,(H,18,20).